The first kappa shape index (κ1) is 17.4. The van der Waals surface area contributed by atoms with Crippen LogP contribution in [0.3, 0.4) is 0 Å². The van der Waals surface area contributed by atoms with Crippen LogP contribution in [0.5, 0.6) is 0 Å². The number of hydrogen-bond acceptors (Lipinski definition) is 7. The molecule has 0 aliphatic rings. The standard InChI is InChI=1S/C17H19N7O2/c1-26-7-6-20-17(25)12-4-2-11(3-5-12)13-8-21-15(18)16(23-13)24-14-9-19-10-22-14/h2-5,8-10H,6-7H2,1H3,(H2,18,21)(H,19,22)(H,20,25)(H,23,24). The minimum atomic E-state index is -0.154. The number of aromatic nitrogens is 4. The number of benzene rings is 1. The minimum absolute atomic E-state index is 0.154. The van der Waals surface area contributed by atoms with Crippen molar-refractivity contribution in [2.45, 2.75) is 0 Å². The number of carbonyl (C=O) groups excluding carboxylic acids is 1. The second kappa shape index (κ2) is 8.08. The van der Waals surface area contributed by atoms with Crippen molar-refractivity contribution >= 4 is 23.4 Å². The van der Waals surface area contributed by atoms with Crippen molar-refractivity contribution in [3.63, 3.8) is 0 Å². The van der Waals surface area contributed by atoms with E-state index >= 15 is 0 Å². The van der Waals surface area contributed by atoms with Gasteiger partial charge in [0.1, 0.15) is 5.82 Å². The Kier molecular flexibility index (Phi) is 5.40. The second-order valence-corrected chi connectivity index (χ2v) is 5.41. The third kappa shape index (κ3) is 4.14. The Morgan fingerprint density at radius 1 is 1.27 bits per heavy atom. The van der Waals surface area contributed by atoms with E-state index in [9.17, 15) is 4.79 Å². The van der Waals surface area contributed by atoms with Gasteiger partial charge in [-0.1, -0.05) is 12.1 Å². The summed E-state index contributed by atoms with van der Waals surface area (Å²) >= 11 is 0. The first-order valence-corrected chi connectivity index (χ1v) is 7.93. The summed E-state index contributed by atoms with van der Waals surface area (Å²) in [5.74, 6) is 1.20. The predicted molar refractivity (Wildman–Crippen MR) is 98.0 cm³/mol. The molecule has 26 heavy (non-hydrogen) atoms. The number of hydrogen-bond donors (Lipinski definition) is 4. The van der Waals surface area contributed by atoms with Gasteiger partial charge in [0.05, 0.1) is 31.0 Å². The monoisotopic (exact) mass is 353 g/mol. The van der Waals surface area contributed by atoms with E-state index in [4.69, 9.17) is 10.5 Å². The van der Waals surface area contributed by atoms with Crippen LogP contribution in [0.15, 0.2) is 43.0 Å². The van der Waals surface area contributed by atoms with Gasteiger partial charge in [-0.3, -0.25) is 4.79 Å². The van der Waals surface area contributed by atoms with Crippen LogP contribution in [0.4, 0.5) is 17.5 Å². The van der Waals surface area contributed by atoms with Crippen molar-refractivity contribution in [2.75, 3.05) is 31.3 Å². The van der Waals surface area contributed by atoms with Crippen molar-refractivity contribution in [1.29, 1.82) is 0 Å². The molecule has 2 aromatic heterocycles. The normalized spacial score (nSPS) is 10.5. The number of amides is 1. The fourth-order valence-corrected chi connectivity index (χ4v) is 2.24. The van der Waals surface area contributed by atoms with Gasteiger partial charge in [0, 0.05) is 24.8 Å². The molecule has 9 heteroatoms. The predicted octanol–water partition coefficient (Wildman–Crippen LogP) is 1.57. The summed E-state index contributed by atoms with van der Waals surface area (Å²) in [4.78, 5) is 27.5. The van der Waals surface area contributed by atoms with Crippen molar-refractivity contribution in [2.24, 2.45) is 0 Å². The number of nitrogens with zero attached hydrogens (tertiary/aromatic N) is 3. The molecule has 0 spiro atoms. The lowest BCUT2D eigenvalue weighted by Crippen LogP contribution is -2.26. The van der Waals surface area contributed by atoms with E-state index < -0.39 is 0 Å². The van der Waals surface area contributed by atoms with E-state index in [1.165, 1.54) is 0 Å². The van der Waals surface area contributed by atoms with Crippen LogP contribution in [0.1, 0.15) is 10.4 Å². The summed E-state index contributed by atoms with van der Waals surface area (Å²) in [5, 5.41) is 5.80. The Hall–Kier alpha value is -3.46. The van der Waals surface area contributed by atoms with Crippen LogP contribution in [-0.4, -0.2) is 46.1 Å². The van der Waals surface area contributed by atoms with E-state index in [1.807, 2.05) is 12.1 Å². The van der Waals surface area contributed by atoms with Crippen LogP contribution >= 0.6 is 0 Å². The average molecular weight is 353 g/mol. The van der Waals surface area contributed by atoms with E-state index in [0.717, 1.165) is 5.56 Å². The molecule has 134 valence electrons. The minimum Gasteiger partial charge on any atom is -0.383 e. The molecule has 0 aliphatic heterocycles. The molecule has 1 aromatic carbocycles. The van der Waals surface area contributed by atoms with E-state index in [2.05, 4.69) is 30.6 Å². The molecule has 0 fully saturated rings. The summed E-state index contributed by atoms with van der Waals surface area (Å²) in [6.45, 7) is 0.931. The topological polar surface area (TPSA) is 131 Å². The van der Waals surface area contributed by atoms with Gasteiger partial charge >= 0.3 is 0 Å². The molecular formula is C17H19N7O2. The average Bonchev–Trinajstić information content (AvgIpc) is 3.17. The number of nitrogens with one attached hydrogen (secondary N) is 3. The molecule has 9 nitrogen and oxygen atoms in total. The summed E-state index contributed by atoms with van der Waals surface area (Å²) in [6, 6.07) is 7.09. The SMILES string of the molecule is COCCNC(=O)c1ccc(-c2cnc(N)c(Nc3cnc[nH]3)n2)cc1. The Bertz CT molecular complexity index is 863. The lowest BCUT2D eigenvalue weighted by molar-refractivity contribution is 0.0937. The molecule has 0 unspecified atom stereocenters. The molecule has 0 saturated heterocycles. The largest absolute Gasteiger partial charge is 0.383 e. The number of ether oxygens (including phenoxy) is 1. The molecule has 0 atom stereocenters. The summed E-state index contributed by atoms with van der Waals surface area (Å²) in [5.41, 5.74) is 7.88. The van der Waals surface area contributed by atoms with Gasteiger partial charge in [-0.05, 0) is 12.1 Å². The number of methoxy groups -OCH3 is 1. The highest BCUT2D eigenvalue weighted by Gasteiger charge is 2.09. The molecule has 3 rings (SSSR count). The lowest BCUT2D eigenvalue weighted by Gasteiger charge is -2.09. The molecule has 0 bridgehead atoms. The Morgan fingerprint density at radius 2 is 2.08 bits per heavy atom. The molecule has 2 heterocycles. The van der Waals surface area contributed by atoms with E-state index in [-0.39, 0.29) is 11.7 Å². The van der Waals surface area contributed by atoms with Gasteiger partial charge in [0.15, 0.2) is 11.6 Å². The van der Waals surface area contributed by atoms with Crippen LogP contribution in [0.2, 0.25) is 0 Å². The molecule has 0 saturated carbocycles. The first-order valence-electron chi connectivity index (χ1n) is 7.93. The second-order valence-electron chi connectivity index (χ2n) is 5.41. The highest BCUT2D eigenvalue weighted by atomic mass is 16.5. The molecule has 1 amide bonds. The molecular weight excluding hydrogens is 334 g/mol. The molecule has 5 N–H and O–H groups in total. The number of nitrogens with two attached hydrogens (primary N) is 1. The zero-order chi connectivity index (χ0) is 18.4. The van der Waals surface area contributed by atoms with Crippen LogP contribution in [-0.2, 0) is 4.74 Å². The van der Waals surface area contributed by atoms with Crippen LogP contribution < -0.4 is 16.4 Å². The Morgan fingerprint density at radius 3 is 2.77 bits per heavy atom. The fraction of sp³-hybridized carbons (Fsp3) is 0.176. The zero-order valence-electron chi connectivity index (χ0n) is 14.2. The smallest absolute Gasteiger partial charge is 0.251 e. The van der Waals surface area contributed by atoms with Crippen LogP contribution in [0.25, 0.3) is 11.3 Å². The number of H-pyrrole nitrogens is 1. The first-order chi connectivity index (χ1) is 12.7. The number of anilines is 3. The van der Waals surface area contributed by atoms with E-state index in [0.29, 0.717) is 36.0 Å². The van der Waals surface area contributed by atoms with Gasteiger partial charge in [0.2, 0.25) is 0 Å². The number of carbonyl (C=O) groups is 1. The van der Waals surface area contributed by atoms with Crippen LogP contribution in [0, 0.1) is 0 Å². The maximum Gasteiger partial charge on any atom is 0.251 e. The molecule has 0 aliphatic carbocycles. The van der Waals surface area contributed by atoms with Gasteiger partial charge in [-0.25, -0.2) is 15.0 Å². The molecule has 3 aromatic rings. The lowest BCUT2D eigenvalue weighted by atomic mass is 10.1. The van der Waals surface area contributed by atoms with Crippen molar-refractivity contribution in [3.8, 4) is 11.3 Å². The Labute approximate surface area is 150 Å². The number of rotatable bonds is 7. The summed E-state index contributed by atoms with van der Waals surface area (Å²) in [7, 11) is 1.59. The van der Waals surface area contributed by atoms with Crippen molar-refractivity contribution in [1.82, 2.24) is 25.3 Å². The third-order valence-corrected chi connectivity index (χ3v) is 3.59. The highest BCUT2D eigenvalue weighted by Crippen LogP contribution is 2.23. The van der Waals surface area contributed by atoms with Gasteiger partial charge in [0.25, 0.3) is 5.91 Å². The highest BCUT2D eigenvalue weighted by molar-refractivity contribution is 5.94. The maximum absolute atomic E-state index is 12.0. The Balaban J connectivity index is 1.75. The van der Waals surface area contributed by atoms with Gasteiger partial charge in [-0.2, -0.15) is 0 Å². The van der Waals surface area contributed by atoms with Gasteiger partial charge in [-0.15, -0.1) is 0 Å². The number of aromatic amines is 1. The van der Waals surface area contributed by atoms with Gasteiger partial charge < -0.3 is 26.1 Å². The van der Waals surface area contributed by atoms with Crippen molar-refractivity contribution < 1.29 is 9.53 Å². The third-order valence-electron chi connectivity index (χ3n) is 3.59. The summed E-state index contributed by atoms with van der Waals surface area (Å²) in [6.07, 6.45) is 4.75. The van der Waals surface area contributed by atoms with Crippen molar-refractivity contribution in [3.05, 3.63) is 48.5 Å². The number of nitrogen functional groups attached to an aromatic ring is 1. The fourth-order valence-electron chi connectivity index (χ4n) is 2.24. The summed E-state index contributed by atoms with van der Waals surface area (Å²) < 4.78 is 4.91. The zero-order valence-corrected chi connectivity index (χ0v) is 14.2. The number of imidazole rings is 1. The van der Waals surface area contributed by atoms with E-state index in [1.54, 1.807) is 38.0 Å². The quantitative estimate of drug-likeness (QED) is 0.474. The molecule has 0 radical (unpaired) electrons. The maximum atomic E-state index is 12.0.